The summed E-state index contributed by atoms with van der Waals surface area (Å²) in [6.45, 7) is 8.71. The fourth-order valence-electron chi connectivity index (χ4n) is 3.24. The summed E-state index contributed by atoms with van der Waals surface area (Å²) in [7, 11) is 0. The van der Waals surface area contributed by atoms with Crippen LogP contribution in [0.5, 0.6) is 0 Å². The van der Waals surface area contributed by atoms with Gasteiger partial charge in [-0.15, -0.1) is 0 Å². The van der Waals surface area contributed by atoms with E-state index in [4.69, 9.17) is 9.47 Å². The molecule has 1 saturated carbocycles. The van der Waals surface area contributed by atoms with Gasteiger partial charge in [0, 0.05) is 12.3 Å². The number of hydrogen-bond acceptors (Lipinski definition) is 5. The molecule has 4 unspecified atom stereocenters. The van der Waals surface area contributed by atoms with Gasteiger partial charge in [0.1, 0.15) is 22.9 Å². The molecular weight excluding hydrogens is 272 g/mol. The molecule has 0 N–H and O–H groups in total. The van der Waals surface area contributed by atoms with Crippen molar-refractivity contribution in [3.8, 4) is 0 Å². The Morgan fingerprint density at radius 2 is 1.90 bits per heavy atom. The van der Waals surface area contributed by atoms with Crippen molar-refractivity contribution in [2.45, 2.75) is 65.1 Å². The first-order valence-electron chi connectivity index (χ1n) is 7.59. The molecule has 5 nitrogen and oxygen atoms in total. The normalized spacial score (nSPS) is 36.3. The van der Waals surface area contributed by atoms with Gasteiger partial charge in [0.15, 0.2) is 0 Å². The molecule has 0 spiro atoms. The zero-order valence-corrected chi connectivity index (χ0v) is 13.4. The van der Waals surface area contributed by atoms with Crippen molar-refractivity contribution in [3.63, 3.8) is 0 Å². The maximum absolute atomic E-state index is 12.3. The van der Waals surface area contributed by atoms with E-state index in [1.165, 1.54) is 0 Å². The van der Waals surface area contributed by atoms with Crippen molar-refractivity contribution in [2.24, 2.45) is 17.8 Å². The fourth-order valence-corrected chi connectivity index (χ4v) is 3.24. The van der Waals surface area contributed by atoms with E-state index >= 15 is 0 Å². The van der Waals surface area contributed by atoms with Crippen molar-refractivity contribution in [1.82, 2.24) is 0 Å². The second-order valence-corrected chi connectivity index (χ2v) is 7.02. The van der Waals surface area contributed by atoms with Crippen LogP contribution in [-0.4, -0.2) is 28.9 Å². The number of esters is 2. The molecule has 1 heterocycles. The quantitative estimate of drug-likeness (QED) is 0.588. The molecule has 2 bridgehead atoms. The van der Waals surface area contributed by atoms with Gasteiger partial charge < -0.3 is 9.47 Å². The second-order valence-electron chi connectivity index (χ2n) is 7.02. The van der Waals surface area contributed by atoms with Crippen LogP contribution < -0.4 is 0 Å². The number of hydrogen-bond donors (Lipinski definition) is 0. The Bertz CT molecular complexity index is 483. The van der Waals surface area contributed by atoms with Gasteiger partial charge in [-0.05, 0) is 33.6 Å². The smallest absolute Gasteiger partial charge is 0.316 e. The minimum Gasteiger partial charge on any atom is -0.455 e. The Kier molecular flexibility index (Phi) is 3.89. The molecule has 2 rings (SSSR count). The van der Waals surface area contributed by atoms with Crippen LogP contribution in [0.4, 0.5) is 0 Å². The first-order chi connectivity index (χ1) is 9.59. The van der Waals surface area contributed by atoms with Crippen molar-refractivity contribution < 1.29 is 23.9 Å². The SMILES string of the molecule is CC(C)C(=O)C(C)C(=O)OC1(C)CCC2CC1(C)OC2=O. The van der Waals surface area contributed by atoms with Crippen LogP contribution in [-0.2, 0) is 23.9 Å². The summed E-state index contributed by atoms with van der Waals surface area (Å²) < 4.78 is 11.1. The number of Topliss-reactive ketones (excluding diaryl/α,β-unsaturated/α-hetero) is 1. The van der Waals surface area contributed by atoms with Crippen LogP contribution in [0.25, 0.3) is 0 Å². The summed E-state index contributed by atoms with van der Waals surface area (Å²) in [5, 5.41) is 0. The van der Waals surface area contributed by atoms with Crippen molar-refractivity contribution in [2.75, 3.05) is 0 Å². The van der Waals surface area contributed by atoms with Gasteiger partial charge in [-0.1, -0.05) is 13.8 Å². The molecule has 0 aromatic carbocycles. The maximum Gasteiger partial charge on any atom is 0.316 e. The van der Waals surface area contributed by atoms with Gasteiger partial charge in [-0.2, -0.15) is 0 Å². The maximum atomic E-state index is 12.3. The molecule has 2 aliphatic rings. The van der Waals surface area contributed by atoms with E-state index in [9.17, 15) is 14.4 Å². The lowest BCUT2D eigenvalue weighted by Gasteiger charge is -2.44. The third kappa shape index (κ3) is 2.58. The Morgan fingerprint density at radius 3 is 2.48 bits per heavy atom. The van der Waals surface area contributed by atoms with Crippen LogP contribution in [0.2, 0.25) is 0 Å². The predicted molar refractivity (Wildman–Crippen MR) is 75.3 cm³/mol. The number of ether oxygens (including phenoxy) is 2. The summed E-state index contributed by atoms with van der Waals surface area (Å²) >= 11 is 0. The molecule has 1 aliphatic carbocycles. The molecule has 5 heteroatoms. The molecule has 0 radical (unpaired) electrons. The van der Waals surface area contributed by atoms with Crippen LogP contribution >= 0.6 is 0 Å². The van der Waals surface area contributed by atoms with E-state index < -0.39 is 23.1 Å². The second kappa shape index (κ2) is 5.11. The van der Waals surface area contributed by atoms with Gasteiger partial charge in [0.25, 0.3) is 0 Å². The monoisotopic (exact) mass is 296 g/mol. The minimum atomic E-state index is -0.863. The zero-order chi connectivity index (χ0) is 16.0. The Hall–Kier alpha value is -1.39. The summed E-state index contributed by atoms with van der Waals surface area (Å²) in [5.41, 5.74) is -1.65. The minimum absolute atomic E-state index is 0.0866. The highest BCUT2D eigenvalue weighted by Crippen LogP contribution is 2.50. The van der Waals surface area contributed by atoms with Crippen LogP contribution in [0.1, 0.15) is 53.9 Å². The average molecular weight is 296 g/mol. The molecule has 1 aliphatic heterocycles. The van der Waals surface area contributed by atoms with Crippen LogP contribution in [0.3, 0.4) is 0 Å². The summed E-state index contributed by atoms with van der Waals surface area (Å²) in [6, 6.07) is 0. The summed E-state index contributed by atoms with van der Waals surface area (Å²) in [4.78, 5) is 36.0. The van der Waals surface area contributed by atoms with Gasteiger partial charge >= 0.3 is 11.9 Å². The molecule has 118 valence electrons. The topological polar surface area (TPSA) is 69.7 Å². The predicted octanol–water partition coefficient (Wildman–Crippen LogP) is 2.27. The lowest BCUT2D eigenvalue weighted by Crippen LogP contribution is -2.55. The standard InChI is InChI=1S/C16H24O5/c1-9(2)12(17)10(3)13(18)20-15(4)7-6-11-8-16(15,5)21-14(11)19/h9-11H,6-8H2,1-5H3. The number of ketones is 1. The van der Waals surface area contributed by atoms with Crippen LogP contribution in [0, 0.1) is 17.8 Å². The number of carbonyl (C=O) groups is 3. The molecule has 1 saturated heterocycles. The zero-order valence-electron chi connectivity index (χ0n) is 13.4. The molecular formula is C16H24O5. The number of rotatable bonds is 4. The van der Waals surface area contributed by atoms with E-state index in [0.29, 0.717) is 19.3 Å². The van der Waals surface area contributed by atoms with E-state index in [2.05, 4.69) is 0 Å². The highest BCUT2D eigenvalue weighted by molar-refractivity contribution is 5.99. The van der Waals surface area contributed by atoms with Crippen LogP contribution in [0.15, 0.2) is 0 Å². The third-order valence-corrected chi connectivity index (χ3v) is 5.06. The molecule has 0 amide bonds. The number of fused-ring (bicyclic) bond motifs is 2. The molecule has 2 fully saturated rings. The van der Waals surface area contributed by atoms with E-state index in [1.807, 2.05) is 6.92 Å². The average Bonchev–Trinajstić information content (AvgIpc) is 2.66. The Morgan fingerprint density at radius 1 is 1.29 bits per heavy atom. The van der Waals surface area contributed by atoms with Gasteiger partial charge in [-0.3, -0.25) is 14.4 Å². The van der Waals surface area contributed by atoms with E-state index in [-0.39, 0.29) is 23.6 Å². The molecule has 21 heavy (non-hydrogen) atoms. The van der Waals surface area contributed by atoms with Gasteiger partial charge in [0.2, 0.25) is 0 Å². The van der Waals surface area contributed by atoms with Gasteiger partial charge in [-0.25, -0.2) is 0 Å². The highest BCUT2D eigenvalue weighted by atomic mass is 16.6. The lowest BCUT2D eigenvalue weighted by molar-refractivity contribution is -0.200. The van der Waals surface area contributed by atoms with Crippen molar-refractivity contribution in [3.05, 3.63) is 0 Å². The van der Waals surface area contributed by atoms with E-state index in [0.717, 1.165) is 0 Å². The first kappa shape index (κ1) is 16.0. The molecule has 0 aromatic rings. The first-order valence-corrected chi connectivity index (χ1v) is 7.59. The highest BCUT2D eigenvalue weighted by Gasteiger charge is 2.61. The van der Waals surface area contributed by atoms with Gasteiger partial charge in [0.05, 0.1) is 5.92 Å². The Balaban J connectivity index is 2.13. The lowest BCUT2D eigenvalue weighted by atomic mass is 9.71. The third-order valence-electron chi connectivity index (χ3n) is 5.06. The van der Waals surface area contributed by atoms with Crippen molar-refractivity contribution >= 4 is 17.7 Å². The Labute approximate surface area is 125 Å². The van der Waals surface area contributed by atoms with E-state index in [1.54, 1.807) is 27.7 Å². The molecule has 4 atom stereocenters. The summed E-state index contributed by atoms with van der Waals surface area (Å²) in [6.07, 6.45) is 1.81. The molecule has 0 aromatic heterocycles. The van der Waals surface area contributed by atoms with Crippen molar-refractivity contribution in [1.29, 1.82) is 0 Å². The summed E-state index contributed by atoms with van der Waals surface area (Å²) in [5.74, 6) is -1.96. The largest absolute Gasteiger partial charge is 0.455 e. The fraction of sp³-hybridized carbons (Fsp3) is 0.812. The number of carbonyl (C=O) groups excluding carboxylic acids is 3.